The predicted octanol–water partition coefficient (Wildman–Crippen LogP) is 4.77. The fourth-order valence-electron chi connectivity index (χ4n) is 4.64. The first-order valence-electron chi connectivity index (χ1n) is 10.7. The van der Waals surface area contributed by atoms with Gasteiger partial charge in [0.05, 0.1) is 23.2 Å². The van der Waals surface area contributed by atoms with Gasteiger partial charge in [0.1, 0.15) is 10.6 Å². The van der Waals surface area contributed by atoms with Crippen LogP contribution in [0.4, 0.5) is 0 Å². The molecule has 32 heavy (non-hydrogen) atoms. The zero-order chi connectivity index (χ0) is 22.9. The summed E-state index contributed by atoms with van der Waals surface area (Å²) in [7, 11) is -2.19. The zero-order valence-electron chi connectivity index (χ0n) is 17.8. The molecule has 4 rings (SSSR count). The van der Waals surface area contributed by atoms with E-state index in [4.69, 9.17) is 27.9 Å². The highest BCUT2D eigenvalue weighted by Crippen LogP contribution is 2.37. The van der Waals surface area contributed by atoms with Crippen LogP contribution in [0, 0.1) is 5.92 Å². The normalized spacial score (nSPS) is 20.5. The molecule has 0 aliphatic carbocycles. The molecule has 2 saturated heterocycles. The Morgan fingerprint density at radius 1 is 0.969 bits per heavy atom. The zero-order valence-corrected chi connectivity index (χ0v) is 20.2. The number of hydrogen-bond acceptors (Lipinski definition) is 4. The van der Waals surface area contributed by atoms with Crippen molar-refractivity contribution in [2.45, 2.75) is 36.6 Å². The number of rotatable bonds is 5. The summed E-state index contributed by atoms with van der Waals surface area (Å²) < 4.78 is 32.8. The summed E-state index contributed by atoms with van der Waals surface area (Å²) >= 11 is 12.3. The topological polar surface area (TPSA) is 66.9 Å². The van der Waals surface area contributed by atoms with Crippen LogP contribution in [0.1, 0.15) is 37.3 Å². The Morgan fingerprint density at radius 2 is 1.59 bits per heavy atom. The number of sulfonamides is 1. The van der Waals surface area contributed by atoms with Crippen molar-refractivity contribution in [3.63, 3.8) is 0 Å². The van der Waals surface area contributed by atoms with E-state index in [1.165, 1.54) is 16.4 Å². The number of methoxy groups -OCH3 is 1. The average molecular weight is 497 g/mol. The summed E-state index contributed by atoms with van der Waals surface area (Å²) in [5.74, 6) is 0.704. The van der Waals surface area contributed by atoms with Crippen LogP contribution in [0.3, 0.4) is 0 Å². The maximum atomic E-state index is 13.3. The third-order valence-corrected chi connectivity index (χ3v) is 9.21. The highest BCUT2D eigenvalue weighted by atomic mass is 35.5. The van der Waals surface area contributed by atoms with E-state index in [-0.39, 0.29) is 45.9 Å². The molecule has 2 aromatic rings. The van der Waals surface area contributed by atoms with Gasteiger partial charge < -0.3 is 9.64 Å². The summed E-state index contributed by atoms with van der Waals surface area (Å²) in [4.78, 5) is 15.2. The van der Waals surface area contributed by atoms with E-state index in [9.17, 15) is 13.2 Å². The van der Waals surface area contributed by atoms with Crippen LogP contribution in [0.5, 0.6) is 5.75 Å². The van der Waals surface area contributed by atoms with E-state index in [1.54, 1.807) is 13.2 Å². The molecular weight excluding hydrogens is 471 g/mol. The molecule has 2 aliphatic rings. The minimum absolute atomic E-state index is 0.0529. The van der Waals surface area contributed by atoms with Crippen molar-refractivity contribution in [2.24, 2.45) is 5.92 Å². The van der Waals surface area contributed by atoms with Crippen LogP contribution in [0.2, 0.25) is 10.0 Å². The quantitative estimate of drug-likeness (QED) is 0.597. The van der Waals surface area contributed by atoms with Crippen molar-refractivity contribution >= 4 is 39.1 Å². The third-order valence-electron chi connectivity index (χ3n) is 6.36. The van der Waals surface area contributed by atoms with Crippen LogP contribution in [0.15, 0.2) is 47.4 Å². The van der Waals surface area contributed by atoms with E-state index in [0.717, 1.165) is 30.7 Å². The number of amides is 1. The number of piperidine rings is 1. The lowest BCUT2D eigenvalue weighted by Gasteiger charge is -2.34. The number of halogens is 2. The average Bonchev–Trinajstić information content (AvgIpc) is 3.28. The summed E-state index contributed by atoms with van der Waals surface area (Å²) in [6.07, 6.45) is 2.84. The Hall–Kier alpha value is -1.80. The van der Waals surface area contributed by atoms with Gasteiger partial charge in [-0.2, -0.15) is 4.31 Å². The number of ether oxygens (including phenoxy) is 1. The molecule has 0 unspecified atom stereocenters. The number of carbonyl (C=O) groups is 1. The Labute approximate surface area is 199 Å². The van der Waals surface area contributed by atoms with Crippen LogP contribution >= 0.6 is 23.2 Å². The molecule has 0 N–H and O–H groups in total. The lowest BCUT2D eigenvalue weighted by atomic mass is 9.95. The molecule has 0 radical (unpaired) electrons. The van der Waals surface area contributed by atoms with Gasteiger partial charge in [-0.1, -0.05) is 41.4 Å². The molecule has 2 heterocycles. The van der Waals surface area contributed by atoms with E-state index < -0.39 is 10.0 Å². The predicted molar refractivity (Wildman–Crippen MR) is 125 cm³/mol. The standard InChI is InChI=1S/C23H26Cl2N2O4S/c1-31-18-9-7-16(8-10-18)21-6-3-13-27(21)23(28)17-11-14-26(15-12-17)32(29,30)22-19(24)4-2-5-20(22)25/h2,4-5,7-10,17,21H,3,6,11-15H2,1H3/t21-/m0/s1. The van der Waals surface area contributed by atoms with Crippen LogP contribution in [-0.4, -0.2) is 50.3 Å². The Balaban J connectivity index is 1.44. The Morgan fingerprint density at radius 3 is 2.19 bits per heavy atom. The molecule has 0 spiro atoms. The molecule has 0 aromatic heterocycles. The van der Waals surface area contributed by atoms with Crippen molar-refractivity contribution in [1.82, 2.24) is 9.21 Å². The minimum atomic E-state index is -3.82. The summed E-state index contributed by atoms with van der Waals surface area (Å²) in [5, 5.41) is 0.213. The number of nitrogens with zero attached hydrogens (tertiary/aromatic N) is 2. The van der Waals surface area contributed by atoms with E-state index in [1.807, 2.05) is 29.2 Å². The summed E-state index contributed by atoms with van der Waals surface area (Å²) in [6, 6.07) is 12.6. The van der Waals surface area contributed by atoms with Crippen molar-refractivity contribution in [3.05, 3.63) is 58.1 Å². The number of likely N-dealkylation sites (tertiary alicyclic amines) is 1. The first-order valence-corrected chi connectivity index (χ1v) is 12.9. The van der Waals surface area contributed by atoms with Crippen LogP contribution in [0.25, 0.3) is 0 Å². The monoisotopic (exact) mass is 496 g/mol. The number of hydrogen-bond donors (Lipinski definition) is 0. The Kier molecular flexibility index (Phi) is 7.00. The van der Waals surface area contributed by atoms with Gasteiger partial charge in [0.15, 0.2) is 0 Å². The second-order valence-electron chi connectivity index (χ2n) is 8.19. The third kappa shape index (κ3) is 4.49. The smallest absolute Gasteiger partial charge is 0.246 e. The largest absolute Gasteiger partial charge is 0.497 e. The molecule has 9 heteroatoms. The van der Waals surface area contributed by atoms with Gasteiger partial charge >= 0.3 is 0 Å². The SMILES string of the molecule is COc1ccc([C@@H]2CCCN2C(=O)C2CCN(S(=O)(=O)c3c(Cl)cccc3Cl)CC2)cc1. The van der Waals surface area contributed by atoms with Gasteiger partial charge in [-0.25, -0.2) is 8.42 Å². The molecule has 2 aliphatic heterocycles. The van der Waals surface area contributed by atoms with Crippen molar-refractivity contribution in [1.29, 1.82) is 0 Å². The highest BCUT2D eigenvalue weighted by Gasteiger charge is 2.38. The van der Waals surface area contributed by atoms with E-state index in [0.29, 0.717) is 12.8 Å². The maximum absolute atomic E-state index is 13.3. The van der Waals surface area contributed by atoms with Crippen LogP contribution in [-0.2, 0) is 14.8 Å². The lowest BCUT2D eigenvalue weighted by molar-refractivity contribution is -0.137. The van der Waals surface area contributed by atoms with E-state index in [2.05, 4.69) is 0 Å². The first kappa shape index (κ1) is 23.4. The molecule has 1 atom stereocenters. The van der Waals surface area contributed by atoms with Gasteiger partial charge in [0.2, 0.25) is 15.9 Å². The molecule has 172 valence electrons. The molecule has 1 amide bonds. The second kappa shape index (κ2) is 9.59. The van der Waals surface area contributed by atoms with Crippen LogP contribution < -0.4 is 4.74 Å². The van der Waals surface area contributed by atoms with Crippen molar-refractivity contribution in [3.8, 4) is 5.75 Å². The fraction of sp³-hybridized carbons (Fsp3) is 0.435. The number of carbonyl (C=O) groups excluding carboxylic acids is 1. The van der Waals surface area contributed by atoms with Gasteiger partial charge in [0.25, 0.3) is 0 Å². The molecular formula is C23H26Cl2N2O4S. The summed E-state index contributed by atoms with van der Waals surface area (Å²) in [6.45, 7) is 1.26. The fourth-order valence-corrected chi connectivity index (χ4v) is 7.20. The minimum Gasteiger partial charge on any atom is -0.497 e. The molecule has 2 aromatic carbocycles. The molecule has 6 nitrogen and oxygen atoms in total. The first-order chi connectivity index (χ1) is 15.3. The summed E-state index contributed by atoms with van der Waals surface area (Å²) in [5.41, 5.74) is 1.10. The van der Waals surface area contributed by atoms with E-state index >= 15 is 0 Å². The van der Waals surface area contributed by atoms with Gasteiger partial charge in [-0.05, 0) is 55.5 Å². The van der Waals surface area contributed by atoms with Gasteiger partial charge in [-0.3, -0.25) is 4.79 Å². The van der Waals surface area contributed by atoms with Gasteiger partial charge in [0, 0.05) is 25.6 Å². The second-order valence-corrected chi connectivity index (χ2v) is 10.9. The highest BCUT2D eigenvalue weighted by molar-refractivity contribution is 7.89. The van der Waals surface area contributed by atoms with Gasteiger partial charge in [-0.15, -0.1) is 0 Å². The Bertz CT molecular complexity index is 1060. The lowest BCUT2D eigenvalue weighted by Crippen LogP contribution is -2.44. The maximum Gasteiger partial charge on any atom is 0.246 e. The van der Waals surface area contributed by atoms with Crippen molar-refractivity contribution < 1.29 is 17.9 Å². The number of benzene rings is 2. The molecule has 0 bridgehead atoms. The molecule has 2 fully saturated rings. The molecule has 0 saturated carbocycles. The van der Waals surface area contributed by atoms with Crippen molar-refractivity contribution in [2.75, 3.05) is 26.7 Å².